The maximum atomic E-state index is 2.54. The van der Waals surface area contributed by atoms with Crippen LogP contribution in [-0.2, 0) is 0 Å². The third kappa shape index (κ3) is 7.06. The van der Waals surface area contributed by atoms with Gasteiger partial charge < -0.3 is 9.13 Å². The second kappa shape index (κ2) is 18.9. The summed E-state index contributed by atoms with van der Waals surface area (Å²) in [6, 6.07) is 118. The molecule has 2 heterocycles. The average molecular weight is 1000 g/mol. The van der Waals surface area contributed by atoms with Crippen LogP contribution in [0.25, 0.3) is 66.1 Å². The molecular formula is C72H52N2Si2. The van der Waals surface area contributed by atoms with Gasteiger partial charge in [0.2, 0.25) is 0 Å². The second-order valence-corrected chi connectivity index (χ2v) is 27.5. The summed E-state index contributed by atoms with van der Waals surface area (Å²) in [7, 11) is -5.82. The molecule has 0 saturated carbocycles. The molecule has 0 bridgehead atoms. The molecule has 12 aromatic carbocycles. The van der Waals surface area contributed by atoms with E-state index in [0.29, 0.717) is 0 Å². The smallest absolute Gasteiger partial charge is 0.180 e. The number of para-hydroxylation sites is 1. The van der Waals surface area contributed by atoms with Gasteiger partial charge in [-0.2, -0.15) is 0 Å². The number of nitrogens with zero attached hydrogens (tertiary/aromatic N) is 2. The van der Waals surface area contributed by atoms with Crippen molar-refractivity contribution in [3.05, 3.63) is 315 Å². The van der Waals surface area contributed by atoms with E-state index in [4.69, 9.17) is 0 Å². The Hall–Kier alpha value is -9.33. The van der Waals surface area contributed by atoms with Crippen molar-refractivity contribution in [2.24, 2.45) is 0 Å². The fourth-order valence-corrected chi connectivity index (χ4v) is 22.6. The molecule has 0 saturated heterocycles. The van der Waals surface area contributed by atoms with Crippen molar-refractivity contribution in [3.63, 3.8) is 0 Å². The predicted octanol–water partition coefficient (Wildman–Crippen LogP) is 12.3. The zero-order valence-corrected chi connectivity index (χ0v) is 43.9. The molecule has 2 nitrogen and oxygen atoms in total. The van der Waals surface area contributed by atoms with Crippen LogP contribution in [0.1, 0.15) is 0 Å². The van der Waals surface area contributed by atoms with Crippen molar-refractivity contribution in [2.75, 3.05) is 0 Å². The molecule has 0 aliphatic carbocycles. The molecule has 0 aliphatic heterocycles. The summed E-state index contributed by atoms with van der Waals surface area (Å²) >= 11 is 0. The number of hydrogen-bond acceptors (Lipinski definition) is 0. The molecule has 0 spiro atoms. The fourth-order valence-electron chi connectivity index (χ4n) is 12.9. The Bertz CT molecular complexity index is 4150. The SMILES string of the molecule is c1ccc(-c2cccc3c2c2ccccc2n3-c2ccc3c(c2)c2c([Si](c4ccccc4)(c4ccccc4)c4ccccc4)cccc2n3-c2ccc([Si](c3ccccc3)(c3ccccc3)c3ccccc3)cc2)cc1. The number of aromatic nitrogens is 2. The Morgan fingerprint density at radius 1 is 0.224 bits per heavy atom. The zero-order chi connectivity index (χ0) is 50.5. The highest BCUT2D eigenvalue weighted by Gasteiger charge is 2.44. The minimum atomic E-state index is -3.05. The van der Waals surface area contributed by atoms with E-state index in [1.165, 1.54) is 96.2 Å². The minimum absolute atomic E-state index is 1.13. The normalized spacial score (nSPS) is 11.9. The summed E-state index contributed by atoms with van der Waals surface area (Å²) in [4.78, 5) is 0. The van der Waals surface area contributed by atoms with Gasteiger partial charge in [0.25, 0.3) is 0 Å². The van der Waals surface area contributed by atoms with Gasteiger partial charge in [-0.15, -0.1) is 0 Å². The lowest BCUT2D eigenvalue weighted by molar-refractivity contribution is 1.17. The van der Waals surface area contributed by atoms with Crippen LogP contribution in [0.5, 0.6) is 0 Å². The lowest BCUT2D eigenvalue weighted by Crippen LogP contribution is -2.74. The molecule has 0 aliphatic rings. The van der Waals surface area contributed by atoms with Gasteiger partial charge in [0.1, 0.15) is 0 Å². The minimum Gasteiger partial charge on any atom is -0.309 e. The van der Waals surface area contributed by atoms with E-state index in [0.717, 1.165) is 11.4 Å². The van der Waals surface area contributed by atoms with E-state index < -0.39 is 16.1 Å². The molecule has 4 heteroatoms. The maximum absolute atomic E-state index is 3.05. The van der Waals surface area contributed by atoms with Crippen LogP contribution in [0, 0.1) is 0 Å². The van der Waals surface area contributed by atoms with Gasteiger partial charge in [0.15, 0.2) is 16.1 Å². The maximum Gasteiger partial charge on any atom is 0.180 e. The third-order valence-electron chi connectivity index (χ3n) is 16.0. The molecule has 0 amide bonds. The van der Waals surface area contributed by atoms with Crippen molar-refractivity contribution < 1.29 is 0 Å². The molecule has 0 N–H and O–H groups in total. The van der Waals surface area contributed by atoms with Gasteiger partial charge in [0.05, 0.1) is 22.1 Å². The highest BCUT2D eigenvalue weighted by atomic mass is 28.3. The molecule has 0 atom stereocenters. The quantitative estimate of drug-likeness (QED) is 0.0903. The molecule has 0 fully saturated rings. The van der Waals surface area contributed by atoms with Crippen LogP contribution in [0.15, 0.2) is 315 Å². The monoisotopic (exact) mass is 1000 g/mol. The van der Waals surface area contributed by atoms with E-state index in [1.54, 1.807) is 0 Å². The van der Waals surface area contributed by atoms with Gasteiger partial charge in [0, 0.05) is 32.9 Å². The second-order valence-electron chi connectivity index (χ2n) is 19.9. The average Bonchev–Trinajstić information content (AvgIpc) is 4.10. The third-order valence-corrected chi connectivity index (χ3v) is 25.6. The molecule has 14 aromatic rings. The topological polar surface area (TPSA) is 9.86 Å². The summed E-state index contributed by atoms with van der Waals surface area (Å²) in [5.74, 6) is 0. The Morgan fingerprint density at radius 2 is 0.592 bits per heavy atom. The molecule has 0 radical (unpaired) electrons. The summed E-state index contributed by atoms with van der Waals surface area (Å²) < 4.78 is 5.03. The first-order chi connectivity index (χ1) is 37.7. The van der Waals surface area contributed by atoms with Crippen molar-refractivity contribution in [1.29, 1.82) is 0 Å². The number of hydrogen-bond donors (Lipinski definition) is 0. The lowest BCUT2D eigenvalue weighted by atomic mass is 9.99. The zero-order valence-electron chi connectivity index (χ0n) is 41.9. The Labute approximate surface area is 445 Å². The highest BCUT2D eigenvalue weighted by Crippen LogP contribution is 2.40. The Balaban J connectivity index is 1.08. The van der Waals surface area contributed by atoms with Crippen molar-refractivity contribution in [3.8, 4) is 22.5 Å². The van der Waals surface area contributed by atoms with Crippen LogP contribution in [-0.4, -0.2) is 25.3 Å². The van der Waals surface area contributed by atoms with Gasteiger partial charge in [-0.1, -0.05) is 267 Å². The van der Waals surface area contributed by atoms with Crippen molar-refractivity contribution in [1.82, 2.24) is 9.13 Å². The molecule has 76 heavy (non-hydrogen) atoms. The summed E-state index contributed by atoms with van der Waals surface area (Å²) in [6.07, 6.45) is 0. The molecule has 0 unspecified atom stereocenters. The van der Waals surface area contributed by atoms with Crippen LogP contribution in [0.3, 0.4) is 0 Å². The van der Waals surface area contributed by atoms with E-state index in [2.05, 4.69) is 325 Å². The predicted molar refractivity (Wildman–Crippen MR) is 328 cm³/mol. The first kappa shape index (κ1) is 45.3. The van der Waals surface area contributed by atoms with Crippen molar-refractivity contribution in [2.45, 2.75) is 0 Å². The number of benzene rings is 12. The molecule has 358 valence electrons. The lowest BCUT2D eigenvalue weighted by Gasteiger charge is -2.35. The van der Waals surface area contributed by atoms with E-state index in [9.17, 15) is 0 Å². The molecular weight excluding hydrogens is 949 g/mol. The first-order valence-electron chi connectivity index (χ1n) is 26.3. The molecule has 2 aromatic heterocycles. The highest BCUT2D eigenvalue weighted by molar-refractivity contribution is 7.21. The Kier molecular flexibility index (Phi) is 11.2. The van der Waals surface area contributed by atoms with Gasteiger partial charge in [-0.25, -0.2) is 0 Å². The van der Waals surface area contributed by atoms with Gasteiger partial charge in [-0.05, 0) is 101 Å². The number of fused-ring (bicyclic) bond motifs is 6. The van der Waals surface area contributed by atoms with Crippen LogP contribution in [0.2, 0.25) is 0 Å². The summed E-state index contributed by atoms with van der Waals surface area (Å²) in [6.45, 7) is 0. The Morgan fingerprint density at radius 3 is 1.11 bits per heavy atom. The van der Waals surface area contributed by atoms with Gasteiger partial charge in [-0.3, -0.25) is 0 Å². The van der Waals surface area contributed by atoms with E-state index >= 15 is 0 Å². The van der Waals surface area contributed by atoms with E-state index in [-0.39, 0.29) is 0 Å². The fraction of sp³-hybridized carbons (Fsp3) is 0. The summed E-state index contributed by atoms with van der Waals surface area (Å²) in [5, 5.41) is 15.8. The standard InChI is InChI=1S/C72H52N2Si2/c1-8-26-53(27-9-1)63-41-24-43-68-71(63)64-40-22-23-42-66(64)74(68)55-48-51-67-65(52-55)72-69(44-25-45-70(72)76(59-34-16-5-17-35-59,60-36-18-6-19-37-60)61-38-20-7-21-39-61)73(67)54-46-49-62(50-47-54)75(56-28-10-2-11-29-56,57-30-12-3-13-31-57)58-32-14-4-15-33-58/h1-52H. The summed E-state index contributed by atoms with van der Waals surface area (Å²) in [5.41, 5.74) is 9.42. The van der Waals surface area contributed by atoms with Crippen molar-refractivity contribution >= 4 is 101 Å². The number of rotatable bonds is 11. The van der Waals surface area contributed by atoms with E-state index in [1.807, 2.05) is 0 Å². The van der Waals surface area contributed by atoms with Gasteiger partial charge >= 0.3 is 0 Å². The van der Waals surface area contributed by atoms with Crippen LogP contribution >= 0.6 is 0 Å². The first-order valence-corrected chi connectivity index (χ1v) is 30.3. The van der Waals surface area contributed by atoms with Crippen LogP contribution < -0.4 is 41.5 Å². The largest absolute Gasteiger partial charge is 0.309 e. The van der Waals surface area contributed by atoms with Crippen LogP contribution in [0.4, 0.5) is 0 Å². The molecule has 14 rings (SSSR count).